The van der Waals surface area contributed by atoms with Crippen molar-refractivity contribution in [1.29, 1.82) is 0 Å². The molecule has 17 heavy (non-hydrogen) atoms. The van der Waals surface area contributed by atoms with E-state index in [1.54, 1.807) is 6.26 Å². The summed E-state index contributed by atoms with van der Waals surface area (Å²) in [6.45, 7) is 6.30. The Morgan fingerprint density at radius 2 is 2.00 bits per heavy atom. The van der Waals surface area contributed by atoms with Gasteiger partial charge in [-0.05, 0) is 12.3 Å². The van der Waals surface area contributed by atoms with Gasteiger partial charge in [0.25, 0.3) is 0 Å². The number of hydrogen-bond acceptors (Lipinski definition) is 2. The molecule has 3 atom stereocenters. The van der Waals surface area contributed by atoms with E-state index in [4.69, 9.17) is 6.42 Å². The molecule has 0 bridgehead atoms. The second-order valence-electron chi connectivity index (χ2n) is 4.39. The van der Waals surface area contributed by atoms with Gasteiger partial charge in [-0.15, -0.1) is 6.42 Å². The summed E-state index contributed by atoms with van der Waals surface area (Å²) in [4.78, 5) is 11.5. The van der Waals surface area contributed by atoms with Crippen molar-refractivity contribution < 1.29 is 9.00 Å². The van der Waals surface area contributed by atoms with Gasteiger partial charge in [-0.2, -0.15) is 0 Å². The molecule has 0 aliphatic carbocycles. The maximum absolute atomic E-state index is 11.5. The van der Waals surface area contributed by atoms with Gasteiger partial charge in [0.05, 0.1) is 6.04 Å². The smallest absolute Gasteiger partial charge is 0.315 e. The molecule has 0 aromatic carbocycles. The zero-order valence-corrected chi connectivity index (χ0v) is 11.8. The Bertz CT molecular complexity index is 310. The van der Waals surface area contributed by atoms with Gasteiger partial charge in [0.1, 0.15) is 0 Å². The fraction of sp³-hybridized carbons (Fsp3) is 0.750. The molecule has 0 rings (SSSR count). The van der Waals surface area contributed by atoms with Crippen LogP contribution in [0, 0.1) is 18.3 Å². The van der Waals surface area contributed by atoms with Gasteiger partial charge >= 0.3 is 6.03 Å². The second-order valence-corrected chi connectivity index (χ2v) is 6.19. The predicted octanol–water partition coefficient (Wildman–Crippen LogP) is 1.10. The van der Waals surface area contributed by atoms with Crippen molar-refractivity contribution in [3.8, 4) is 12.3 Å². The van der Waals surface area contributed by atoms with E-state index in [-0.39, 0.29) is 23.2 Å². The molecule has 4 nitrogen and oxygen atoms in total. The first-order valence-corrected chi connectivity index (χ1v) is 7.33. The van der Waals surface area contributed by atoms with Crippen LogP contribution in [-0.4, -0.2) is 34.3 Å². The molecular weight excluding hydrogens is 236 g/mol. The second kappa shape index (κ2) is 8.13. The van der Waals surface area contributed by atoms with E-state index >= 15 is 0 Å². The van der Waals surface area contributed by atoms with Crippen molar-refractivity contribution in [1.82, 2.24) is 10.6 Å². The minimum Gasteiger partial charge on any atom is -0.338 e. The van der Waals surface area contributed by atoms with Gasteiger partial charge in [0, 0.05) is 28.9 Å². The number of carbonyl (C=O) groups is 1. The number of terminal acetylenes is 1. The number of carbonyl (C=O) groups excluding carboxylic acids is 1. The summed E-state index contributed by atoms with van der Waals surface area (Å²) in [5, 5.41) is 5.50. The Labute approximate surface area is 106 Å². The summed E-state index contributed by atoms with van der Waals surface area (Å²) < 4.78 is 11.1. The molecule has 0 saturated heterocycles. The van der Waals surface area contributed by atoms with E-state index in [2.05, 4.69) is 16.6 Å². The summed E-state index contributed by atoms with van der Waals surface area (Å²) >= 11 is 0. The summed E-state index contributed by atoms with van der Waals surface area (Å²) in [5.41, 5.74) is 0. The first-order chi connectivity index (χ1) is 7.88. The fourth-order valence-electron chi connectivity index (χ4n) is 1.15. The lowest BCUT2D eigenvalue weighted by atomic mass is 10.1. The molecule has 0 spiro atoms. The van der Waals surface area contributed by atoms with Crippen molar-refractivity contribution in [2.24, 2.45) is 5.92 Å². The highest BCUT2D eigenvalue weighted by molar-refractivity contribution is 7.84. The Kier molecular flexibility index (Phi) is 7.64. The lowest BCUT2D eigenvalue weighted by molar-refractivity contribution is 0.236. The van der Waals surface area contributed by atoms with E-state index in [9.17, 15) is 9.00 Å². The van der Waals surface area contributed by atoms with Crippen LogP contribution in [0.1, 0.15) is 27.2 Å². The SMILES string of the molecule is C#C[C@H](NC(=O)NCC[C@@H](C)[S@@](C)=O)C(C)C. The normalized spacial score (nSPS) is 15.8. The fourth-order valence-corrected chi connectivity index (χ4v) is 1.60. The molecule has 0 radical (unpaired) electrons. The third kappa shape index (κ3) is 7.01. The zero-order chi connectivity index (χ0) is 13.4. The number of amides is 2. The molecule has 0 unspecified atom stereocenters. The Morgan fingerprint density at radius 3 is 2.41 bits per heavy atom. The van der Waals surface area contributed by atoms with Gasteiger partial charge in [-0.1, -0.05) is 26.7 Å². The number of hydrogen-bond donors (Lipinski definition) is 2. The van der Waals surface area contributed by atoms with Crippen LogP contribution in [0.15, 0.2) is 0 Å². The maximum atomic E-state index is 11.5. The quantitative estimate of drug-likeness (QED) is 0.701. The maximum Gasteiger partial charge on any atom is 0.315 e. The van der Waals surface area contributed by atoms with Crippen LogP contribution in [0.3, 0.4) is 0 Å². The molecule has 0 aromatic heterocycles. The van der Waals surface area contributed by atoms with E-state index < -0.39 is 10.8 Å². The van der Waals surface area contributed by atoms with E-state index in [0.29, 0.717) is 13.0 Å². The highest BCUT2D eigenvalue weighted by atomic mass is 32.2. The summed E-state index contributed by atoms with van der Waals surface area (Å²) in [7, 11) is -0.849. The number of rotatable bonds is 6. The van der Waals surface area contributed by atoms with Crippen LogP contribution >= 0.6 is 0 Å². The average molecular weight is 258 g/mol. The van der Waals surface area contributed by atoms with Crippen LogP contribution in [-0.2, 0) is 10.8 Å². The molecule has 0 aromatic rings. The van der Waals surface area contributed by atoms with E-state index in [0.717, 1.165) is 0 Å². The van der Waals surface area contributed by atoms with Crippen LogP contribution in [0.2, 0.25) is 0 Å². The molecule has 98 valence electrons. The van der Waals surface area contributed by atoms with E-state index in [1.165, 1.54) is 0 Å². The van der Waals surface area contributed by atoms with Crippen molar-refractivity contribution in [3.05, 3.63) is 0 Å². The van der Waals surface area contributed by atoms with Gasteiger partial charge in [0.15, 0.2) is 0 Å². The average Bonchev–Trinajstić information content (AvgIpc) is 2.25. The van der Waals surface area contributed by atoms with Crippen molar-refractivity contribution in [2.75, 3.05) is 12.8 Å². The molecule has 0 heterocycles. The molecular formula is C12H22N2O2S. The first-order valence-electron chi connectivity index (χ1n) is 5.71. The Hall–Kier alpha value is -1.02. The molecule has 0 aliphatic rings. The van der Waals surface area contributed by atoms with Gasteiger partial charge in [-0.3, -0.25) is 4.21 Å². The molecule has 0 fully saturated rings. The highest BCUT2D eigenvalue weighted by Crippen LogP contribution is 2.00. The molecule has 0 aliphatic heterocycles. The summed E-state index contributed by atoms with van der Waals surface area (Å²) in [6, 6.07) is -0.525. The molecule has 2 N–H and O–H groups in total. The monoisotopic (exact) mass is 258 g/mol. The van der Waals surface area contributed by atoms with Crippen LogP contribution in [0.5, 0.6) is 0 Å². The number of nitrogens with one attached hydrogen (secondary N) is 2. The zero-order valence-electron chi connectivity index (χ0n) is 10.9. The van der Waals surface area contributed by atoms with Crippen LogP contribution in [0.4, 0.5) is 4.79 Å². The van der Waals surface area contributed by atoms with Crippen LogP contribution in [0.25, 0.3) is 0 Å². The van der Waals surface area contributed by atoms with Crippen LogP contribution < -0.4 is 10.6 Å². The van der Waals surface area contributed by atoms with Gasteiger partial charge in [0.2, 0.25) is 0 Å². The number of urea groups is 1. The predicted molar refractivity (Wildman–Crippen MR) is 72.1 cm³/mol. The first kappa shape index (κ1) is 16.0. The Morgan fingerprint density at radius 1 is 1.41 bits per heavy atom. The minimum absolute atomic E-state index is 0.0869. The highest BCUT2D eigenvalue weighted by Gasteiger charge is 2.13. The third-order valence-electron chi connectivity index (χ3n) is 2.54. The van der Waals surface area contributed by atoms with Crippen molar-refractivity contribution >= 4 is 16.8 Å². The molecule has 5 heteroatoms. The topological polar surface area (TPSA) is 58.2 Å². The minimum atomic E-state index is -0.849. The molecule has 0 saturated carbocycles. The summed E-state index contributed by atoms with van der Waals surface area (Å²) in [5.74, 6) is 2.73. The lowest BCUT2D eigenvalue weighted by Crippen LogP contribution is -2.44. The van der Waals surface area contributed by atoms with Crippen molar-refractivity contribution in [2.45, 2.75) is 38.5 Å². The standard InChI is InChI=1S/C12H22N2O2S/c1-6-11(9(2)3)14-12(15)13-8-7-10(4)17(5)16/h1,9-11H,7-8H2,2-5H3,(H2,13,14,15)/t10-,11+,17-/m1/s1. The van der Waals surface area contributed by atoms with Gasteiger partial charge in [-0.25, -0.2) is 4.79 Å². The largest absolute Gasteiger partial charge is 0.338 e. The Balaban J connectivity index is 3.88. The van der Waals surface area contributed by atoms with Gasteiger partial charge < -0.3 is 10.6 Å². The van der Waals surface area contributed by atoms with E-state index in [1.807, 2.05) is 20.8 Å². The summed E-state index contributed by atoms with van der Waals surface area (Å²) in [6.07, 6.45) is 7.66. The molecule has 2 amide bonds. The third-order valence-corrected chi connectivity index (χ3v) is 3.90. The van der Waals surface area contributed by atoms with Crippen molar-refractivity contribution in [3.63, 3.8) is 0 Å². The lowest BCUT2D eigenvalue weighted by Gasteiger charge is -2.17.